The van der Waals surface area contributed by atoms with Crippen molar-refractivity contribution in [2.24, 2.45) is 0 Å². The number of hydrogen-bond acceptors (Lipinski definition) is 7. The van der Waals surface area contributed by atoms with Crippen LogP contribution >= 0.6 is 0 Å². The number of nitrogens with zero attached hydrogens (tertiary/aromatic N) is 4. The predicted molar refractivity (Wildman–Crippen MR) is 82.0 cm³/mol. The van der Waals surface area contributed by atoms with Gasteiger partial charge in [-0.1, -0.05) is 6.92 Å². The van der Waals surface area contributed by atoms with Gasteiger partial charge in [0.15, 0.2) is 0 Å². The van der Waals surface area contributed by atoms with Gasteiger partial charge in [-0.2, -0.15) is 15.0 Å². The number of ether oxygens (including phenoxy) is 2. The third kappa shape index (κ3) is 4.42. The van der Waals surface area contributed by atoms with Crippen LogP contribution in [0.4, 0.5) is 11.9 Å². The third-order valence-corrected chi connectivity index (χ3v) is 3.34. The van der Waals surface area contributed by atoms with E-state index in [1.54, 1.807) is 7.11 Å². The highest BCUT2D eigenvalue weighted by atomic mass is 16.5. The SMILES string of the molecule is CCCOC1CCCN(c2nc(NCC)nc(OC)n2)C1. The molecule has 7 nitrogen and oxygen atoms in total. The average Bonchev–Trinajstić information content (AvgIpc) is 2.53. The maximum absolute atomic E-state index is 5.86. The van der Waals surface area contributed by atoms with Gasteiger partial charge in [0, 0.05) is 26.2 Å². The van der Waals surface area contributed by atoms with Crippen LogP contribution < -0.4 is 15.0 Å². The van der Waals surface area contributed by atoms with Gasteiger partial charge in [-0.15, -0.1) is 0 Å². The Kier molecular flexibility index (Phi) is 5.98. The van der Waals surface area contributed by atoms with Gasteiger partial charge < -0.3 is 19.7 Å². The number of nitrogens with one attached hydrogen (secondary N) is 1. The van der Waals surface area contributed by atoms with E-state index >= 15 is 0 Å². The molecule has 7 heteroatoms. The highest BCUT2D eigenvalue weighted by molar-refractivity contribution is 5.38. The monoisotopic (exact) mass is 295 g/mol. The molecule has 1 fully saturated rings. The van der Waals surface area contributed by atoms with E-state index in [0.717, 1.165) is 45.5 Å². The molecule has 1 aliphatic heterocycles. The molecule has 2 heterocycles. The average molecular weight is 295 g/mol. The summed E-state index contributed by atoms with van der Waals surface area (Å²) in [5.74, 6) is 1.21. The Hall–Kier alpha value is -1.63. The summed E-state index contributed by atoms with van der Waals surface area (Å²) in [5, 5.41) is 3.11. The molecule has 0 radical (unpaired) electrons. The highest BCUT2D eigenvalue weighted by Gasteiger charge is 2.23. The topological polar surface area (TPSA) is 72.4 Å². The van der Waals surface area contributed by atoms with Crippen LogP contribution in [-0.4, -0.2) is 54.4 Å². The van der Waals surface area contributed by atoms with E-state index in [4.69, 9.17) is 9.47 Å². The van der Waals surface area contributed by atoms with Crippen molar-refractivity contribution >= 4 is 11.9 Å². The van der Waals surface area contributed by atoms with E-state index < -0.39 is 0 Å². The van der Waals surface area contributed by atoms with Crippen LogP contribution in [0.2, 0.25) is 0 Å². The fraction of sp³-hybridized carbons (Fsp3) is 0.786. The zero-order valence-electron chi connectivity index (χ0n) is 13.1. The molecule has 1 atom stereocenters. The molecule has 2 rings (SSSR count). The minimum atomic E-state index is 0.254. The van der Waals surface area contributed by atoms with Gasteiger partial charge in [0.2, 0.25) is 11.9 Å². The summed E-state index contributed by atoms with van der Waals surface area (Å²) < 4.78 is 11.0. The van der Waals surface area contributed by atoms with E-state index in [-0.39, 0.29) is 6.10 Å². The van der Waals surface area contributed by atoms with E-state index in [0.29, 0.717) is 17.9 Å². The molecule has 0 aliphatic carbocycles. The second-order valence-corrected chi connectivity index (χ2v) is 5.06. The number of rotatable bonds is 7. The van der Waals surface area contributed by atoms with Crippen molar-refractivity contribution in [2.75, 3.05) is 43.6 Å². The van der Waals surface area contributed by atoms with E-state index in [9.17, 15) is 0 Å². The van der Waals surface area contributed by atoms with Gasteiger partial charge in [0.1, 0.15) is 0 Å². The quantitative estimate of drug-likeness (QED) is 0.821. The molecule has 118 valence electrons. The maximum atomic E-state index is 5.86. The Morgan fingerprint density at radius 3 is 2.86 bits per heavy atom. The van der Waals surface area contributed by atoms with E-state index in [1.165, 1.54) is 0 Å². The van der Waals surface area contributed by atoms with Crippen molar-refractivity contribution in [2.45, 2.75) is 39.2 Å². The van der Waals surface area contributed by atoms with E-state index in [2.05, 4.69) is 32.1 Å². The van der Waals surface area contributed by atoms with Crippen LogP contribution in [0.25, 0.3) is 0 Å². The Morgan fingerprint density at radius 1 is 1.29 bits per heavy atom. The molecule has 0 saturated carbocycles. The molecule has 0 aromatic carbocycles. The number of anilines is 2. The van der Waals surface area contributed by atoms with Crippen LogP contribution in [0, 0.1) is 0 Å². The lowest BCUT2D eigenvalue weighted by Gasteiger charge is -2.32. The fourth-order valence-corrected chi connectivity index (χ4v) is 2.36. The van der Waals surface area contributed by atoms with Gasteiger partial charge in [-0.25, -0.2) is 0 Å². The first-order valence-electron chi connectivity index (χ1n) is 7.67. The standard InChI is InChI=1S/C14H25N5O2/c1-4-9-21-11-7-6-8-19(10-11)13-16-12(15-5-2)17-14(18-13)20-3/h11H,4-10H2,1-3H3,(H,15,16,17,18). The van der Waals surface area contributed by atoms with Crippen molar-refractivity contribution < 1.29 is 9.47 Å². The maximum Gasteiger partial charge on any atom is 0.322 e. The molecule has 0 amide bonds. The lowest BCUT2D eigenvalue weighted by atomic mass is 10.1. The first-order valence-corrected chi connectivity index (χ1v) is 7.67. The minimum absolute atomic E-state index is 0.254. The second kappa shape index (κ2) is 7.97. The van der Waals surface area contributed by atoms with Gasteiger partial charge >= 0.3 is 6.01 Å². The molecular weight excluding hydrogens is 270 g/mol. The van der Waals surface area contributed by atoms with Crippen molar-refractivity contribution in [1.82, 2.24) is 15.0 Å². The summed E-state index contributed by atoms with van der Waals surface area (Å²) in [6, 6.07) is 0.340. The van der Waals surface area contributed by atoms with Gasteiger partial charge in [-0.3, -0.25) is 0 Å². The second-order valence-electron chi connectivity index (χ2n) is 5.06. The molecule has 1 aliphatic rings. The third-order valence-electron chi connectivity index (χ3n) is 3.34. The van der Waals surface area contributed by atoms with Gasteiger partial charge in [0.05, 0.1) is 13.2 Å². The van der Waals surface area contributed by atoms with Crippen LogP contribution in [0.1, 0.15) is 33.1 Å². The summed E-state index contributed by atoms with van der Waals surface area (Å²) in [6.45, 7) is 7.45. The lowest BCUT2D eigenvalue weighted by Crippen LogP contribution is -2.41. The van der Waals surface area contributed by atoms with Gasteiger partial charge in [-0.05, 0) is 26.2 Å². The number of methoxy groups -OCH3 is 1. The number of piperidine rings is 1. The Morgan fingerprint density at radius 2 is 2.14 bits per heavy atom. The smallest absolute Gasteiger partial charge is 0.322 e. The van der Waals surface area contributed by atoms with Crippen LogP contribution in [-0.2, 0) is 4.74 Å². The molecule has 1 N–H and O–H groups in total. The summed E-state index contributed by atoms with van der Waals surface area (Å²) in [6.07, 6.45) is 3.47. The molecule has 1 saturated heterocycles. The normalized spacial score (nSPS) is 18.6. The van der Waals surface area contributed by atoms with E-state index in [1.807, 2.05) is 6.92 Å². The zero-order valence-corrected chi connectivity index (χ0v) is 13.1. The zero-order chi connectivity index (χ0) is 15.1. The molecule has 1 aromatic heterocycles. The summed E-state index contributed by atoms with van der Waals surface area (Å²) in [4.78, 5) is 15.2. The largest absolute Gasteiger partial charge is 0.467 e. The first kappa shape index (κ1) is 15.8. The molecule has 21 heavy (non-hydrogen) atoms. The molecule has 1 aromatic rings. The number of hydrogen-bond donors (Lipinski definition) is 1. The summed E-state index contributed by atoms with van der Waals surface area (Å²) in [5.41, 5.74) is 0. The predicted octanol–water partition coefficient (Wildman–Crippen LogP) is 1.71. The lowest BCUT2D eigenvalue weighted by molar-refractivity contribution is 0.0437. The number of aromatic nitrogens is 3. The highest BCUT2D eigenvalue weighted by Crippen LogP contribution is 2.20. The van der Waals surface area contributed by atoms with Crippen LogP contribution in [0.15, 0.2) is 0 Å². The minimum Gasteiger partial charge on any atom is -0.467 e. The van der Waals surface area contributed by atoms with Crippen LogP contribution in [0.5, 0.6) is 6.01 Å². The molecule has 0 bridgehead atoms. The Bertz CT molecular complexity index is 443. The molecule has 0 spiro atoms. The van der Waals surface area contributed by atoms with Crippen molar-refractivity contribution in [3.05, 3.63) is 0 Å². The van der Waals surface area contributed by atoms with Crippen molar-refractivity contribution in [3.63, 3.8) is 0 Å². The summed E-state index contributed by atoms with van der Waals surface area (Å²) in [7, 11) is 1.57. The first-order chi connectivity index (χ1) is 10.3. The van der Waals surface area contributed by atoms with Gasteiger partial charge in [0.25, 0.3) is 0 Å². The molecular formula is C14H25N5O2. The summed E-state index contributed by atoms with van der Waals surface area (Å²) >= 11 is 0. The van der Waals surface area contributed by atoms with Crippen LogP contribution in [0.3, 0.4) is 0 Å². The van der Waals surface area contributed by atoms with Crippen molar-refractivity contribution in [1.29, 1.82) is 0 Å². The molecule has 1 unspecified atom stereocenters. The Balaban J connectivity index is 2.10. The Labute approximate surface area is 126 Å². The fourth-order valence-electron chi connectivity index (χ4n) is 2.36. The van der Waals surface area contributed by atoms with Crippen molar-refractivity contribution in [3.8, 4) is 6.01 Å².